The minimum atomic E-state index is -1.04. The van der Waals surface area contributed by atoms with Gasteiger partial charge in [0.1, 0.15) is 0 Å². The van der Waals surface area contributed by atoms with Crippen LogP contribution in [0.15, 0.2) is 17.1 Å². The molecule has 0 saturated heterocycles. The maximum absolute atomic E-state index is 13.5. The zero-order valence-corrected chi connectivity index (χ0v) is 35.0. The van der Waals surface area contributed by atoms with Crippen LogP contribution in [0.2, 0.25) is 0 Å². The van der Waals surface area contributed by atoms with E-state index in [2.05, 4.69) is 31.6 Å². The van der Waals surface area contributed by atoms with Crippen LogP contribution in [-0.2, 0) is 38.2 Å². The van der Waals surface area contributed by atoms with Gasteiger partial charge in [0, 0.05) is 62.8 Å². The number of aliphatic carboxylic acids is 1. The van der Waals surface area contributed by atoms with Crippen LogP contribution >= 0.6 is 0 Å². The lowest BCUT2D eigenvalue weighted by molar-refractivity contribution is -0.138. The van der Waals surface area contributed by atoms with E-state index in [-0.39, 0.29) is 107 Å². The molecule has 1 aliphatic heterocycles. The first-order valence-electron chi connectivity index (χ1n) is 20.5. The molecule has 14 N–H and O–H groups in total. The Hall–Kier alpha value is -4.33. The molecule has 1 aliphatic rings. The molecule has 0 bridgehead atoms. The zero-order chi connectivity index (χ0) is 43.5. The maximum Gasteiger partial charge on any atom is 0.305 e. The number of hydrogen-bond acceptors (Lipinski definition) is 11. The van der Waals surface area contributed by atoms with Gasteiger partial charge in [0.05, 0.1) is 44.9 Å². The number of carboxylic acids is 1. The molecule has 0 spiro atoms. The predicted molar refractivity (Wildman–Crippen MR) is 221 cm³/mol. The summed E-state index contributed by atoms with van der Waals surface area (Å²) in [6.45, 7) is 8.61. The highest BCUT2D eigenvalue weighted by Crippen LogP contribution is 2.12. The van der Waals surface area contributed by atoms with Gasteiger partial charge in [-0.15, -0.1) is 0 Å². The van der Waals surface area contributed by atoms with Crippen LogP contribution in [0.5, 0.6) is 0 Å². The molecule has 0 saturated carbocycles. The number of ether oxygens (including phenoxy) is 2. The number of aliphatic imine (C=N–C) groups is 1. The summed E-state index contributed by atoms with van der Waals surface area (Å²) in [6, 6.07) is -3.65. The van der Waals surface area contributed by atoms with Crippen LogP contribution in [0.4, 0.5) is 0 Å². The smallest absolute Gasteiger partial charge is 0.305 e. The Bertz CT molecular complexity index is 1330. The lowest BCUT2D eigenvalue weighted by Crippen LogP contribution is -2.48. The number of rotatable bonds is 19. The second-order valence-corrected chi connectivity index (χ2v) is 15.8. The first-order valence-corrected chi connectivity index (χ1v) is 20.5. The molecule has 0 radical (unpaired) electrons. The number of hydrogen-bond donors (Lipinski definition) is 10. The van der Waals surface area contributed by atoms with Crippen molar-refractivity contribution in [2.45, 2.75) is 141 Å². The van der Waals surface area contributed by atoms with Gasteiger partial charge in [-0.1, -0.05) is 46.3 Å². The van der Waals surface area contributed by atoms with Crippen molar-refractivity contribution >= 4 is 41.5 Å². The molecule has 6 atom stereocenters. The topological polar surface area (TPSA) is 318 Å². The highest BCUT2D eigenvalue weighted by Gasteiger charge is 2.27. The van der Waals surface area contributed by atoms with E-state index in [0.717, 1.165) is 12.8 Å². The summed E-state index contributed by atoms with van der Waals surface area (Å²) in [5.74, 6) is -3.15. The SMILES string of the molecule is CC(C)C[C@@H](CC(=O)O)NC(=O)CC1COC/C=C/COC[C@H](NC(=O)C[C@H](N)CCCCN)CC(=O)N[C@@H](C(C)C)CC(=O)N[C@@H](CCCN=C(N)N)CC(=O)N1. The van der Waals surface area contributed by atoms with E-state index >= 15 is 0 Å². The van der Waals surface area contributed by atoms with Crippen LogP contribution in [-0.4, -0.2) is 122 Å². The molecule has 332 valence electrons. The zero-order valence-electron chi connectivity index (χ0n) is 35.0. The molecule has 19 nitrogen and oxygen atoms in total. The lowest BCUT2D eigenvalue weighted by atomic mass is 9.99. The standard InChI is InChI=1S/C39H72N10O9/c1-25(2)16-29(21-38(55)56)46-35(52)19-30-23-57-14-7-8-15-58-24-31(47-33(50)17-27(41)10-5-6-12-40)20-36(53)49-32(26(3)4)22-37(54)45-28(18-34(51)48-30)11-9-13-44-39(42)43/h7-8,25-32H,5-6,9-24,40-41H2,1-4H3,(H,45,54)(H,46,52)(H,47,50)(H,48,51)(H,49,53)(H,55,56)(H4,42,43,44)/b8-7+/t27-,28+,29+,30?,31-,32-/m1/s1. The van der Waals surface area contributed by atoms with E-state index in [0.29, 0.717) is 32.2 Å². The Labute approximate surface area is 343 Å². The number of unbranched alkanes of at least 4 members (excludes halogenated alkanes) is 1. The van der Waals surface area contributed by atoms with Crippen molar-refractivity contribution < 1.29 is 43.3 Å². The van der Waals surface area contributed by atoms with Crippen molar-refractivity contribution in [1.82, 2.24) is 26.6 Å². The first kappa shape index (κ1) is 51.7. The largest absolute Gasteiger partial charge is 0.481 e. The molecule has 5 amide bonds. The second-order valence-electron chi connectivity index (χ2n) is 15.8. The van der Waals surface area contributed by atoms with Gasteiger partial charge in [-0.3, -0.25) is 33.8 Å². The Morgan fingerprint density at radius 2 is 1.50 bits per heavy atom. The molecule has 0 aliphatic carbocycles. The van der Waals surface area contributed by atoms with Crippen molar-refractivity contribution in [3.8, 4) is 0 Å². The van der Waals surface area contributed by atoms with Crippen molar-refractivity contribution in [1.29, 1.82) is 0 Å². The molecule has 0 aromatic carbocycles. The maximum atomic E-state index is 13.5. The van der Waals surface area contributed by atoms with Crippen LogP contribution in [0.1, 0.15) is 105 Å². The molecule has 19 heteroatoms. The predicted octanol–water partition coefficient (Wildman–Crippen LogP) is -0.349. The van der Waals surface area contributed by atoms with Gasteiger partial charge in [0.2, 0.25) is 29.5 Å². The van der Waals surface area contributed by atoms with E-state index in [4.69, 9.17) is 32.4 Å². The Kier molecular flexibility index (Phi) is 26.6. The second kappa shape index (κ2) is 29.8. The molecule has 1 heterocycles. The summed E-state index contributed by atoms with van der Waals surface area (Å²) >= 11 is 0. The third-order valence-corrected chi connectivity index (χ3v) is 9.20. The number of carbonyl (C=O) groups excluding carboxylic acids is 5. The summed E-state index contributed by atoms with van der Waals surface area (Å²) < 4.78 is 11.6. The monoisotopic (exact) mass is 825 g/mol. The third kappa shape index (κ3) is 26.6. The first-order chi connectivity index (χ1) is 27.5. The normalized spacial score (nSPS) is 22.3. The van der Waals surface area contributed by atoms with E-state index in [1.165, 1.54) is 0 Å². The number of carboxylic acid groups (broad SMARTS) is 1. The fourth-order valence-electron chi connectivity index (χ4n) is 6.37. The average Bonchev–Trinajstić information content (AvgIpc) is 3.09. The van der Waals surface area contributed by atoms with Crippen molar-refractivity contribution in [2.24, 2.45) is 39.8 Å². The van der Waals surface area contributed by atoms with Crippen molar-refractivity contribution in [3.05, 3.63) is 12.2 Å². The highest BCUT2D eigenvalue weighted by molar-refractivity contribution is 5.83. The Morgan fingerprint density at radius 3 is 2.12 bits per heavy atom. The number of carbonyl (C=O) groups is 6. The van der Waals surface area contributed by atoms with Gasteiger partial charge in [0.25, 0.3) is 0 Å². The quantitative estimate of drug-likeness (QED) is 0.0345. The van der Waals surface area contributed by atoms with Gasteiger partial charge in [-0.05, 0) is 50.5 Å². The van der Waals surface area contributed by atoms with Crippen molar-refractivity contribution in [2.75, 3.05) is 39.5 Å². The minimum absolute atomic E-state index is 0.0179. The van der Waals surface area contributed by atoms with Crippen LogP contribution in [0.3, 0.4) is 0 Å². The van der Waals surface area contributed by atoms with Crippen LogP contribution < -0.4 is 49.5 Å². The van der Waals surface area contributed by atoms with Gasteiger partial charge in [-0.2, -0.15) is 0 Å². The molecule has 0 fully saturated rings. The van der Waals surface area contributed by atoms with E-state index < -0.39 is 53.9 Å². The van der Waals surface area contributed by atoms with Crippen LogP contribution in [0, 0.1) is 11.8 Å². The van der Waals surface area contributed by atoms with Gasteiger partial charge in [-0.25, -0.2) is 0 Å². The van der Waals surface area contributed by atoms with Gasteiger partial charge >= 0.3 is 5.97 Å². The summed E-state index contributed by atoms with van der Waals surface area (Å²) in [5, 5.41) is 23.7. The summed E-state index contributed by atoms with van der Waals surface area (Å²) in [4.78, 5) is 81.8. The van der Waals surface area contributed by atoms with Crippen molar-refractivity contribution in [3.63, 3.8) is 0 Å². The van der Waals surface area contributed by atoms with E-state index in [1.54, 1.807) is 12.2 Å². The third-order valence-electron chi connectivity index (χ3n) is 9.20. The fraction of sp³-hybridized carbons (Fsp3) is 0.769. The van der Waals surface area contributed by atoms with Gasteiger partial charge < -0.3 is 64.1 Å². The molecular weight excluding hydrogens is 752 g/mol. The Balaban J connectivity index is 3.28. The van der Waals surface area contributed by atoms with Gasteiger partial charge in [0.15, 0.2) is 5.96 Å². The molecule has 58 heavy (non-hydrogen) atoms. The minimum Gasteiger partial charge on any atom is -0.481 e. The van der Waals surface area contributed by atoms with E-state index in [1.807, 2.05) is 27.7 Å². The molecule has 1 rings (SSSR count). The number of nitrogens with one attached hydrogen (secondary N) is 5. The lowest BCUT2D eigenvalue weighted by Gasteiger charge is -2.26. The molecule has 0 aromatic heterocycles. The summed E-state index contributed by atoms with van der Waals surface area (Å²) in [5.41, 5.74) is 22.7. The molecule has 0 aromatic rings. The number of nitrogens with two attached hydrogens (primary N) is 4. The summed E-state index contributed by atoms with van der Waals surface area (Å²) in [7, 11) is 0. The van der Waals surface area contributed by atoms with Crippen LogP contribution in [0.25, 0.3) is 0 Å². The summed E-state index contributed by atoms with van der Waals surface area (Å²) in [6.07, 6.45) is 6.18. The fourth-order valence-corrected chi connectivity index (χ4v) is 6.37. The highest BCUT2D eigenvalue weighted by atomic mass is 16.5. The molecule has 1 unspecified atom stereocenters. The number of nitrogens with zero attached hydrogens (tertiary/aromatic N) is 1. The number of amides is 5. The van der Waals surface area contributed by atoms with E-state index in [9.17, 15) is 33.9 Å². The number of guanidine groups is 1. The average molecular weight is 825 g/mol. The Morgan fingerprint density at radius 1 is 0.862 bits per heavy atom. The molecular formula is C39H72N10O9.